The van der Waals surface area contributed by atoms with Crippen LogP contribution in [0.15, 0.2) is 10.2 Å². The summed E-state index contributed by atoms with van der Waals surface area (Å²) in [5, 5.41) is 18.4. The lowest BCUT2D eigenvalue weighted by molar-refractivity contribution is 0.422. The van der Waals surface area contributed by atoms with Crippen molar-refractivity contribution in [3.63, 3.8) is 0 Å². The molecule has 2 heterocycles. The maximum atomic E-state index is 6.18. The summed E-state index contributed by atoms with van der Waals surface area (Å²) < 4.78 is 3.90. The highest BCUT2D eigenvalue weighted by atomic mass is 32.2. The molecule has 0 amide bonds. The molecular weight excluding hydrogens is 286 g/mol. The highest BCUT2D eigenvalue weighted by Gasteiger charge is 2.24. The quantitative estimate of drug-likeness (QED) is 0.934. The summed E-state index contributed by atoms with van der Waals surface area (Å²) in [4.78, 5) is 0. The highest BCUT2D eigenvalue weighted by Crippen LogP contribution is 2.37. The molecular formula is C13H21N7S. The Morgan fingerprint density at radius 1 is 1.29 bits per heavy atom. The van der Waals surface area contributed by atoms with Gasteiger partial charge in [0.15, 0.2) is 0 Å². The van der Waals surface area contributed by atoms with Crippen LogP contribution < -0.4 is 5.73 Å². The lowest BCUT2D eigenvalue weighted by atomic mass is 10.3. The molecule has 1 aliphatic rings. The predicted molar refractivity (Wildman–Crippen MR) is 81.2 cm³/mol. The van der Waals surface area contributed by atoms with Gasteiger partial charge in [-0.15, -0.1) is 5.10 Å². The van der Waals surface area contributed by atoms with E-state index in [0.717, 1.165) is 34.4 Å². The average molecular weight is 307 g/mol. The zero-order valence-corrected chi connectivity index (χ0v) is 13.5. The molecule has 0 spiro atoms. The molecule has 0 aromatic carbocycles. The Labute approximate surface area is 128 Å². The van der Waals surface area contributed by atoms with Crippen LogP contribution in [0.1, 0.15) is 57.3 Å². The number of tetrazole rings is 1. The van der Waals surface area contributed by atoms with Crippen LogP contribution in [-0.4, -0.2) is 30.0 Å². The number of hydrogen-bond acceptors (Lipinski definition) is 6. The van der Waals surface area contributed by atoms with E-state index < -0.39 is 0 Å². The maximum Gasteiger partial charge on any atom is 0.215 e. The minimum absolute atomic E-state index is 0.249. The lowest BCUT2D eigenvalue weighted by Crippen LogP contribution is -2.10. The third-order valence-corrected chi connectivity index (χ3v) is 4.95. The van der Waals surface area contributed by atoms with Crippen molar-refractivity contribution in [1.82, 2.24) is 30.0 Å². The summed E-state index contributed by atoms with van der Waals surface area (Å²) in [6.07, 6.45) is 4.80. The standard InChI is InChI=1S/C13H21N7S/c1-8(2)19-12(11(14)9(3)16-19)21-13-15-17-18-20(13)10-6-4-5-7-10/h8,10H,4-7,14H2,1-3H3. The molecule has 21 heavy (non-hydrogen) atoms. The largest absolute Gasteiger partial charge is 0.395 e. The molecule has 1 fully saturated rings. The minimum Gasteiger partial charge on any atom is -0.395 e. The Morgan fingerprint density at radius 3 is 2.67 bits per heavy atom. The number of rotatable bonds is 4. The van der Waals surface area contributed by atoms with Gasteiger partial charge in [0.1, 0.15) is 5.03 Å². The number of aryl methyl sites for hydroxylation is 1. The highest BCUT2D eigenvalue weighted by molar-refractivity contribution is 7.99. The van der Waals surface area contributed by atoms with Gasteiger partial charge < -0.3 is 5.73 Å². The molecule has 1 saturated carbocycles. The van der Waals surface area contributed by atoms with Gasteiger partial charge in [-0.3, -0.25) is 4.68 Å². The van der Waals surface area contributed by atoms with Crippen LogP contribution >= 0.6 is 11.8 Å². The molecule has 0 atom stereocenters. The van der Waals surface area contributed by atoms with E-state index in [1.807, 2.05) is 16.3 Å². The topological polar surface area (TPSA) is 87.4 Å². The molecule has 0 saturated heterocycles. The zero-order valence-electron chi connectivity index (χ0n) is 12.7. The first kappa shape index (κ1) is 14.4. The van der Waals surface area contributed by atoms with E-state index in [9.17, 15) is 0 Å². The molecule has 2 aromatic rings. The Kier molecular flexibility index (Phi) is 3.88. The van der Waals surface area contributed by atoms with Gasteiger partial charge in [0, 0.05) is 6.04 Å². The van der Waals surface area contributed by atoms with Gasteiger partial charge in [0.2, 0.25) is 5.16 Å². The van der Waals surface area contributed by atoms with Gasteiger partial charge in [0.25, 0.3) is 0 Å². The lowest BCUT2D eigenvalue weighted by Gasteiger charge is -2.13. The van der Waals surface area contributed by atoms with E-state index in [4.69, 9.17) is 5.73 Å². The van der Waals surface area contributed by atoms with Gasteiger partial charge in [0.05, 0.1) is 17.4 Å². The van der Waals surface area contributed by atoms with Crippen LogP contribution in [0.4, 0.5) is 5.69 Å². The minimum atomic E-state index is 0.249. The number of anilines is 1. The first-order valence-electron chi connectivity index (χ1n) is 7.38. The monoisotopic (exact) mass is 307 g/mol. The van der Waals surface area contributed by atoms with Crippen LogP contribution in [0.3, 0.4) is 0 Å². The molecule has 114 valence electrons. The van der Waals surface area contributed by atoms with Gasteiger partial charge >= 0.3 is 0 Å². The Hall–Kier alpha value is -1.57. The predicted octanol–water partition coefficient (Wildman–Crippen LogP) is 2.61. The third-order valence-electron chi connectivity index (χ3n) is 3.90. The van der Waals surface area contributed by atoms with E-state index in [2.05, 4.69) is 34.5 Å². The summed E-state index contributed by atoms with van der Waals surface area (Å²) in [6, 6.07) is 0.666. The van der Waals surface area contributed by atoms with Gasteiger partial charge in [-0.1, -0.05) is 12.8 Å². The summed E-state index contributed by atoms with van der Waals surface area (Å²) in [7, 11) is 0. The summed E-state index contributed by atoms with van der Waals surface area (Å²) in [5.41, 5.74) is 7.75. The van der Waals surface area contributed by atoms with E-state index in [1.54, 1.807) is 0 Å². The second-order valence-electron chi connectivity index (χ2n) is 5.79. The van der Waals surface area contributed by atoms with Crippen LogP contribution in [-0.2, 0) is 0 Å². The van der Waals surface area contributed by atoms with E-state index >= 15 is 0 Å². The normalized spacial score (nSPS) is 16.2. The van der Waals surface area contributed by atoms with Crippen molar-refractivity contribution in [2.24, 2.45) is 0 Å². The molecule has 1 aliphatic carbocycles. The molecule has 0 bridgehead atoms. The molecule has 0 unspecified atom stereocenters. The van der Waals surface area contributed by atoms with Crippen LogP contribution in [0.2, 0.25) is 0 Å². The van der Waals surface area contributed by atoms with Crippen molar-refractivity contribution < 1.29 is 0 Å². The third kappa shape index (κ3) is 2.64. The molecule has 2 N–H and O–H groups in total. The van der Waals surface area contributed by atoms with Crippen LogP contribution in [0, 0.1) is 6.92 Å². The Bertz CT molecular complexity index is 624. The molecule has 3 rings (SSSR count). The molecule has 8 heteroatoms. The summed E-state index contributed by atoms with van der Waals surface area (Å²) >= 11 is 1.51. The Morgan fingerprint density at radius 2 is 2.00 bits per heavy atom. The average Bonchev–Trinajstić information content (AvgIpc) is 3.15. The van der Waals surface area contributed by atoms with Crippen molar-refractivity contribution in [2.75, 3.05) is 5.73 Å². The smallest absolute Gasteiger partial charge is 0.215 e. The first-order chi connectivity index (χ1) is 10.1. The molecule has 0 aliphatic heterocycles. The first-order valence-corrected chi connectivity index (χ1v) is 8.20. The van der Waals surface area contributed by atoms with Crippen molar-refractivity contribution in [1.29, 1.82) is 0 Å². The van der Waals surface area contributed by atoms with Crippen molar-refractivity contribution in [2.45, 2.75) is 68.7 Å². The fourth-order valence-corrected chi connectivity index (χ4v) is 3.84. The van der Waals surface area contributed by atoms with E-state index in [0.29, 0.717) is 6.04 Å². The number of nitrogens with zero attached hydrogens (tertiary/aromatic N) is 6. The van der Waals surface area contributed by atoms with Crippen LogP contribution in [0.25, 0.3) is 0 Å². The fraction of sp³-hybridized carbons (Fsp3) is 0.692. The summed E-state index contributed by atoms with van der Waals surface area (Å²) in [6.45, 7) is 6.12. The molecule has 0 radical (unpaired) electrons. The second-order valence-corrected chi connectivity index (χ2v) is 6.74. The molecule has 7 nitrogen and oxygen atoms in total. The Balaban J connectivity index is 1.92. The van der Waals surface area contributed by atoms with Gasteiger partial charge in [-0.25, -0.2) is 4.68 Å². The number of aromatic nitrogens is 6. The zero-order chi connectivity index (χ0) is 15.0. The van der Waals surface area contributed by atoms with E-state index in [-0.39, 0.29) is 6.04 Å². The SMILES string of the molecule is Cc1nn(C(C)C)c(Sc2nnnn2C2CCCC2)c1N. The second kappa shape index (κ2) is 5.67. The fourth-order valence-electron chi connectivity index (χ4n) is 2.71. The number of nitrogen functional groups attached to an aromatic ring is 1. The van der Waals surface area contributed by atoms with E-state index in [1.165, 1.54) is 24.6 Å². The number of nitrogens with two attached hydrogens (primary N) is 1. The van der Waals surface area contributed by atoms with Crippen LogP contribution in [0.5, 0.6) is 0 Å². The molecule has 2 aromatic heterocycles. The summed E-state index contributed by atoms with van der Waals surface area (Å²) in [5.74, 6) is 0. The van der Waals surface area contributed by atoms with Crippen molar-refractivity contribution >= 4 is 17.4 Å². The van der Waals surface area contributed by atoms with Gasteiger partial charge in [-0.05, 0) is 55.8 Å². The number of hydrogen-bond donors (Lipinski definition) is 1. The maximum absolute atomic E-state index is 6.18. The van der Waals surface area contributed by atoms with Crippen molar-refractivity contribution in [3.8, 4) is 0 Å². The van der Waals surface area contributed by atoms with Gasteiger partial charge in [-0.2, -0.15) is 5.10 Å². The van der Waals surface area contributed by atoms with Crippen molar-refractivity contribution in [3.05, 3.63) is 5.69 Å².